The van der Waals surface area contributed by atoms with E-state index in [2.05, 4.69) is 48.4 Å². The predicted molar refractivity (Wildman–Crippen MR) is 100 cm³/mol. The third kappa shape index (κ3) is 3.98. The van der Waals surface area contributed by atoms with Gasteiger partial charge in [0.1, 0.15) is 0 Å². The average Bonchev–Trinajstić information content (AvgIpc) is 2.93. The Morgan fingerprint density at radius 2 is 1.96 bits per heavy atom. The van der Waals surface area contributed by atoms with Gasteiger partial charge in [-0.1, -0.05) is 30.3 Å². The minimum absolute atomic E-state index is 0.00264. The monoisotopic (exact) mass is 356 g/mol. The molecule has 1 aromatic heterocycles. The number of aryl methyl sites for hydroxylation is 2. The molecule has 1 fully saturated rings. The first kappa shape index (κ1) is 18.6. The highest BCUT2D eigenvalue weighted by atomic mass is 16.5. The lowest BCUT2D eigenvalue weighted by molar-refractivity contribution is -0.0838. The maximum Gasteiger partial charge on any atom is 0.289 e. The second-order valence-electron chi connectivity index (χ2n) is 7.83. The molecule has 140 valence electrons. The molecular weight excluding hydrogens is 328 g/mol. The number of oxazole rings is 1. The molecule has 26 heavy (non-hydrogen) atoms. The third-order valence-corrected chi connectivity index (χ3v) is 5.22. The number of nitrogens with zero attached hydrogens (tertiary/aromatic N) is 1. The normalized spacial score (nSPS) is 22.2. The zero-order valence-electron chi connectivity index (χ0n) is 16.1. The lowest BCUT2D eigenvalue weighted by atomic mass is 9.67. The van der Waals surface area contributed by atoms with E-state index in [4.69, 9.17) is 9.15 Å². The van der Waals surface area contributed by atoms with Gasteiger partial charge in [-0.3, -0.25) is 4.79 Å². The first-order valence-electron chi connectivity index (χ1n) is 9.23. The van der Waals surface area contributed by atoms with E-state index in [1.165, 1.54) is 5.56 Å². The molecule has 0 aliphatic carbocycles. The van der Waals surface area contributed by atoms with Crippen LogP contribution in [0.3, 0.4) is 0 Å². The van der Waals surface area contributed by atoms with Gasteiger partial charge < -0.3 is 14.5 Å². The van der Waals surface area contributed by atoms with E-state index in [1.54, 1.807) is 13.8 Å². The molecule has 1 saturated heterocycles. The summed E-state index contributed by atoms with van der Waals surface area (Å²) in [6.45, 7) is 9.14. The standard InChI is InChI=1S/C21H28N2O3/c1-15-18(26-16(2)23-15)19(24)22-12-10-21(17-8-6-5-7-9-17)11-13-25-20(3,4)14-21/h5-9H,10-14H2,1-4H3,(H,22,24)/t21-/m0/s1. The van der Waals surface area contributed by atoms with Gasteiger partial charge >= 0.3 is 0 Å². The molecule has 0 unspecified atom stereocenters. The van der Waals surface area contributed by atoms with Gasteiger partial charge in [-0.25, -0.2) is 4.98 Å². The molecule has 1 atom stereocenters. The van der Waals surface area contributed by atoms with E-state index in [0.29, 0.717) is 23.9 Å². The third-order valence-electron chi connectivity index (χ3n) is 5.22. The van der Waals surface area contributed by atoms with Crippen molar-refractivity contribution in [3.8, 4) is 0 Å². The van der Waals surface area contributed by atoms with Gasteiger partial charge in [0.15, 0.2) is 5.89 Å². The van der Waals surface area contributed by atoms with Crippen LogP contribution < -0.4 is 5.32 Å². The predicted octanol–water partition coefficient (Wildman–Crippen LogP) is 3.94. The van der Waals surface area contributed by atoms with Crippen LogP contribution in [0.4, 0.5) is 0 Å². The van der Waals surface area contributed by atoms with Crippen LogP contribution in [0.5, 0.6) is 0 Å². The van der Waals surface area contributed by atoms with Crippen molar-refractivity contribution in [2.75, 3.05) is 13.2 Å². The lowest BCUT2D eigenvalue weighted by Crippen LogP contribution is -2.45. The zero-order valence-corrected chi connectivity index (χ0v) is 16.1. The van der Waals surface area contributed by atoms with Crippen molar-refractivity contribution in [3.63, 3.8) is 0 Å². The second kappa shape index (κ2) is 7.23. The lowest BCUT2D eigenvalue weighted by Gasteiger charge is -2.45. The minimum atomic E-state index is -0.197. The summed E-state index contributed by atoms with van der Waals surface area (Å²) in [5.41, 5.74) is 1.78. The van der Waals surface area contributed by atoms with Crippen LogP contribution in [0.15, 0.2) is 34.7 Å². The maximum absolute atomic E-state index is 12.4. The number of carbonyl (C=O) groups excluding carboxylic acids is 1. The zero-order chi connectivity index (χ0) is 18.8. The SMILES string of the molecule is Cc1nc(C)c(C(=O)NCC[C@]2(c3ccccc3)CCOC(C)(C)C2)o1. The van der Waals surface area contributed by atoms with Crippen LogP contribution >= 0.6 is 0 Å². The number of rotatable bonds is 5. The van der Waals surface area contributed by atoms with Gasteiger partial charge in [-0.05, 0) is 45.6 Å². The van der Waals surface area contributed by atoms with Gasteiger partial charge in [-0.2, -0.15) is 0 Å². The van der Waals surface area contributed by atoms with E-state index >= 15 is 0 Å². The highest BCUT2D eigenvalue weighted by Crippen LogP contribution is 2.43. The Morgan fingerprint density at radius 1 is 1.23 bits per heavy atom. The molecule has 1 N–H and O–H groups in total. The quantitative estimate of drug-likeness (QED) is 0.881. The number of benzene rings is 1. The molecule has 1 aromatic carbocycles. The Kier molecular flexibility index (Phi) is 5.19. The molecule has 3 rings (SSSR count). The van der Waals surface area contributed by atoms with Gasteiger partial charge in [-0.15, -0.1) is 0 Å². The molecule has 1 amide bonds. The topological polar surface area (TPSA) is 64.4 Å². The average molecular weight is 356 g/mol. The number of carbonyl (C=O) groups is 1. The molecule has 5 nitrogen and oxygen atoms in total. The first-order valence-corrected chi connectivity index (χ1v) is 9.23. The molecule has 1 aliphatic rings. The van der Waals surface area contributed by atoms with Crippen LogP contribution in [0.25, 0.3) is 0 Å². The summed E-state index contributed by atoms with van der Waals surface area (Å²) in [7, 11) is 0. The molecule has 0 saturated carbocycles. The summed E-state index contributed by atoms with van der Waals surface area (Å²) < 4.78 is 11.4. The summed E-state index contributed by atoms with van der Waals surface area (Å²) in [6.07, 6.45) is 2.75. The van der Waals surface area contributed by atoms with Crippen molar-refractivity contribution in [3.05, 3.63) is 53.2 Å². The smallest absolute Gasteiger partial charge is 0.289 e. The number of hydrogen-bond acceptors (Lipinski definition) is 4. The van der Waals surface area contributed by atoms with Crippen molar-refractivity contribution in [2.24, 2.45) is 0 Å². The molecule has 1 aliphatic heterocycles. The Bertz CT molecular complexity index is 767. The van der Waals surface area contributed by atoms with Crippen LogP contribution in [0.1, 0.15) is 60.8 Å². The van der Waals surface area contributed by atoms with Crippen LogP contribution in [-0.4, -0.2) is 29.6 Å². The van der Waals surface area contributed by atoms with Crippen molar-refractivity contribution in [1.82, 2.24) is 10.3 Å². The molecule has 0 radical (unpaired) electrons. The van der Waals surface area contributed by atoms with Gasteiger partial charge in [0.2, 0.25) is 5.76 Å². The van der Waals surface area contributed by atoms with E-state index in [-0.39, 0.29) is 16.9 Å². The maximum atomic E-state index is 12.4. The number of aromatic nitrogens is 1. The fourth-order valence-corrected chi connectivity index (χ4v) is 4.11. The van der Waals surface area contributed by atoms with Crippen molar-refractivity contribution < 1.29 is 13.9 Å². The summed E-state index contributed by atoms with van der Waals surface area (Å²) in [5.74, 6) is 0.626. The van der Waals surface area contributed by atoms with E-state index < -0.39 is 0 Å². The fourth-order valence-electron chi connectivity index (χ4n) is 4.11. The van der Waals surface area contributed by atoms with E-state index in [9.17, 15) is 4.79 Å². The molecule has 2 heterocycles. The summed E-state index contributed by atoms with van der Waals surface area (Å²) in [4.78, 5) is 16.6. The summed E-state index contributed by atoms with van der Waals surface area (Å²) in [5, 5.41) is 3.01. The van der Waals surface area contributed by atoms with Crippen LogP contribution in [0.2, 0.25) is 0 Å². The van der Waals surface area contributed by atoms with E-state index in [0.717, 1.165) is 25.9 Å². The van der Waals surface area contributed by atoms with Gasteiger partial charge in [0.25, 0.3) is 5.91 Å². The largest absolute Gasteiger partial charge is 0.436 e. The summed E-state index contributed by atoms with van der Waals surface area (Å²) in [6, 6.07) is 10.6. The number of hydrogen-bond donors (Lipinski definition) is 1. The van der Waals surface area contributed by atoms with E-state index in [1.807, 2.05) is 6.07 Å². The molecule has 0 bridgehead atoms. The minimum Gasteiger partial charge on any atom is -0.436 e. The number of amides is 1. The Morgan fingerprint density at radius 3 is 2.58 bits per heavy atom. The van der Waals surface area contributed by atoms with Gasteiger partial charge in [0.05, 0.1) is 11.3 Å². The van der Waals surface area contributed by atoms with Crippen molar-refractivity contribution in [2.45, 2.75) is 58.0 Å². The van der Waals surface area contributed by atoms with Crippen LogP contribution in [0, 0.1) is 13.8 Å². The van der Waals surface area contributed by atoms with Gasteiger partial charge in [0, 0.05) is 25.5 Å². The number of ether oxygens (including phenoxy) is 1. The van der Waals surface area contributed by atoms with Crippen molar-refractivity contribution in [1.29, 1.82) is 0 Å². The first-order chi connectivity index (χ1) is 12.3. The molecule has 2 aromatic rings. The molecular formula is C21H28N2O3. The Hall–Kier alpha value is -2.14. The van der Waals surface area contributed by atoms with Crippen molar-refractivity contribution >= 4 is 5.91 Å². The Labute approximate surface area is 155 Å². The number of nitrogens with one attached hydrogen (secondary N) is 1. The molecule has 0 spiro atoms. The highest BCUT2D eigenvalue weighted by Gasteiger charge is 2.41. The highest BCUT2D eigenvalue weighted by molar-refractivity contribution is 5.92. The summed E-state index contributed by atoms with van der Waals surface area (Å²) >= 11 is 0. The fraction of sp³-hybridized carbons (Fsp3) is 0.524. The van der Waals surface area contributed by atoms with Crippen LogP contribution in [-0.2, 0) is 10.2 Å². The second-order valence-corrected chi connectivity index (χ2v) is 7.83. The Balaban J connectivity index is 1.73. The molecule has 5 heteroatoms.